The van der Waals surface area contributed by atoms with E-state index in [1.165, 1.54) is 39.5 Å². The van der Waals surface area contributed by atoms with Crippen molar-refractivity contribution in [2.45, 2.75) is 286 Å². The van der Waals surface area contributed by atoms with Crippen molar-refractivity contribution in [3.05, 3.63) is 97.9 Å². The normalized spacial score (nSPS) is 32.6. The molecule has 13 rings (SSSR count). The van der Waals surface area contributed by atoms with Gasteiger partial charge in [-0.1, -0.05) is 73.6 Å². The van der Waals surface area contributed by atoms with E-state index in [0.29, 0.717) is 56.1 Å². The monoisotopic (exact) mass is 1970 g/mol. The van der Waals surface area contributed by atoms with Gasteiger partial charge in [-0.15, -0.1) is 0 Å². The number of nitrogens with zero attached hydrogens (tertiary/aromatic N) is 5. The zero-order valence-electron chi connectivity index (χ0n) is 81.2. The van der Waals surface area contributed by atoms with E-state index in [1.54, 1.807) is 71.9 Å². The number of benzene rings is 3. The summed E-state index contributed by atoms with van der Waals surface area (Å²) in [6.45, 7) is 27.7. The fourth-order valence-corrected chi connectivity index (χ4v) is 18.8. The third-order valence-corrected chi connectivity index (χ3v) is 27.5. The predicted octanol–water partition coefficient (Wildman–Crippen LogP) is -2.38. The number of halogens is 1. The number of aliphatic hydroxyl groups is 12. The number of Topliss-reactive ketones (excluding diaryl/α,β-unsaturated/α-hetero) is 1. The standard InChI is InChI=1S/C46H62N4O11.C22H43N5O13.C17H18FN3O3.C10H24N2O2/c1-22(2)21-50-18-16-46(17-19-50)48-34-31-32-39(54)28(8)42-33(31)43(56)45(10,61-42)59-20-15-30(58-11)25(5)41(60-29(9)51)27(7)38(53)26(6)37(52)23(3)13-12-14-24(4)44(57)47-36(40(32)55)35(34)49-46;23-2-1-8(29)20(36)27-7-3-6(25)18(39-22-16(34)15(33)13(31)9(4-24)37-22)17(35)19(7)40-21-14(32)11(26)12(30)10(5-28)38-21;18-13-7-11-14(8-15(13)20-5-3-19-4-6-20)21(10-1-2-10)9-12(16(11)22)17(23)24;1-3-9(7-13)11-5-6-12-10(4-2)8-14/h12-15,20,22-23,25-27,30,37-38,41,52-55H,16-19,21H2,1-11H3,(H,47,57);6-19,21-22,28-35H,1-5,23-26H2,(H,27,36);7-10,19H,1-6H2,(H,23,24);9-14H,3-8H2,1-2H3/b13-12-,20-15-,24-14+;;;/t23-,25-,26+,27+,30-,37-,38+,41-,45-;6-,7+,8-,9+,10+,11-,12+,13+,14+,15-,16+,17-,18+,19-,21+,22+;;9-,10-/m00.0/s1. The van der Waals surface area contributed by atoms with E-state index in [1.807, 2.05) is 23.3 Å². The van der Waals surface area contributed by atoms with Crippen LogP contribution in [0.3, 0.4) is 0 Å². The van der Waals surface area contributed by atoms with Crippen LogP contribution in [0.15, 0.2) is 69.2 Å². The summed E-state index contributed by atoms with van der Waals surface area (Å²) < 4.78 is 62.9. The molecule has 139 heavy (non-hydrogen) atoms. The maximum atomic E-state index is 14.7. The molecule has 0 radical (unpaired) electrons. The van der Waals surface area contributed by atoms with Crippen LogP contribution < -0.4 is 75.3 Å². The Bertz CT molecular complexity index is 5130. The van der Waals surface area contributed by atoms with Gasteiger partial charge in [-0.2, -0.15) is 0 Å². The lowest BCUT2D eigenvalue weighted by atomic mass is 9.78. The van der Waals surface area contributed by atoms with E-state index in [-0.39, 0.29) is 124 Å². The summed E-state index contributed by atoms with van der Waals surface area (Å²) in [5.41, 5.74) is 22.7. The zero-order chi connectivity index (χ0) is 102. The van der Waals surface area contributed by atoms with Gasteiger partial charge in [0.1, 0.15) is 107 Å². The van der Waals surface area contributed by atoms with E-state index in [2.05, 4.69) is 45.3 Å². The van der Waals surface area contributed by atoms with Gasteiger partial charge in [-0.3, -0.25) is 34.0 Å². The Morgan fingerprint density at radius 1 is 0.748 bits per heavy atom. The number of rotatable bonds is 26. The van der Waals surface area contributed by atoms with Crippen molar-refractivity contribution in [1.82, 2.24) is 30.7 Å². The number of aliphatic hydroxyl groups excluding tert-OH is 12. The van der Waals surface area contributed by atoms with E-state index in [0.717, 1.165) is 58.4 Å². The summed E-state index contributed by atoms with van der Waals surface area (Å²) in [6.07, 6.45) is -9.62. The largest absolute Gasteiger partial charge is 0.507 e. The molecule has 4 saturated heterocycles. The lowest BCUT2D eigenvalue weighted by Crippen LogP contribution is -2.69. The number of aromatic nitrogens is 1. The van der Waals surface area contributed by atoms with Crippen molar-refractivity contribution in [3.63, 3.8) is 0 Å². The summed E-state index contributed by atoms with van der Waals surface area (Å²) in [6, 6.07) is 0.0237. The third kappa shape index (κ3) is 26.0. The average Bonchev–Trinajstić information content (AvgIpc) is 1.54. The number of carboxylic acids is 1. The van der Waals surface area contributed by atoms with Crippen LogP contribution in [-0.2, 0) is 47.5 Å². The van der Waals surface area contributed by atoms with Crippen LogP contribution in [0.5, 0.6) is 17.2 Å². The van der Waals surface area contributed by atoms with Crippen molar-refractivity contribution < 1.29 is 143 Å². The number of phenolic OH excluding ortho intramolecular Hbond substituents is 2. The molecule has 2 saturated carbocycles. The molecule has 1 spiro atoms. The van der Waals surface area contributed by atoms with Crippen LogP contribution >= 0.6 is 0 Å². The van der Waals surface area contributed by atoms with Crippen LogP contribution in [0.2, 0.25) is 0 Å². The van der Waals surface area contributed by atoms with Gasteiger partial charge < -0.3 is 178 Å². The second-order valence-corrected chi connectivity index (χ2v) is 38.1. The molecule has 7 aliphatic heterocycles. The summed E-state index contributed by atoms with van der Waals surface area (Å²) in [4.78, 5) is 92.0. The van der Waals surface area contributed by atoms with Gasteiger partial charge in [0.25, 0.3) is 11.7 Å². The molecule has 2 amide bonds. The first-order chi connectivity index (χ1) is 65.8. The minimum absolute atomic E-state index is 0.0101. The molecule has 3 aromatic carbocycles. The van der Waals surface area contributed by atoms with E-state index in [4.69, 9.17) is 81.0 Å². The Hall–Kier alpha value is -8.57. The molecule has 0 unspecified atom stereocenters. The summed E-state index contributed by atoms with van der Waals surface area (Å²) in [5, 5.41) is 172. The second kappa shape index (κ2) is 49.6. The maximum absolute atomic E-state index is 14.7. The minimum atomic E-state index is -1.96. The predicted molar refractivity (Wildman–Crippen MR) is 506 cm³/mol. The maximum Gasteiger partial charge on any atom is 0.341 e. The molecule has 8 heterocycles. The fourth-order valence-electron chi connectivity index (χ4n) is 18.8. The number of piperazine rings is 1. The number of aromatic carboxylic acids is 1. The topological polar surface area (TPSA) is 680 Å². The van der Waals surface area contributed by atoms with Gasteiger partial charge in [0.05, 0.1) is 84.0 Å². The number of likely N-dealkylation sites (tertiary alicyclic amines) is 1. The Kier molecular flexibility index (Phi) is 40.1. The molecule has 9 aliphatic rings. The highest BCUT2D eigenvalue weighted by Gasteiger charge is 2.55. The van der Waals surface area contributed by atoms with Gasteiger partial charge >= 0.3 is 17.7 Å². The van der Waals surface area contributed by atoms with E-state index >= 15 is 0 Å². The van der Waals surface area contributed by atoms with E-state index < -0.39 is 211 Å². The number of phenols is 2. The molecule has 44 heteroatoms. The molecular weight excluding hydrogens is 1820 g/mol. The average molecular weight is 1970 g/mol. The number of fused-ring (bicyclic) bond motifs is 2. The Morgan fingerprint density at radius 3 is 1.94 bits per heavy atom. The smallest absolute Gasteiger partial charge is 0.341 e. The van der Waals surface area contributed by atoms with Gasteiger partial charge in [-0.25, -0.2) is 9.18 Å². The molecule has 778 valence electrons. The van der Waals surface area contributed by atoms with Gasteiger partial charge in [0, 0.05) is 175 Å². The number of allylic oxidation sites excluding steroid dienone is 2. The zero-order valence-corrected chi connectivity index (χ0v) is 81.2. The van der Waals surface area contributed by atoms with Crippen LogP contribution in [0, 0.1) is 42.3 Å². The molecule has 27 atom stereocenters. The van der Waals surface area contributed by atoms with Crippen molar-refractivity contribution in [2.75, 3.05) is 109 Å². The van der Waals surface area contributed by atoms with Crippen molar-refractivity contribution in [2.24, 2.45) is 62.5 Å². The summed E-state index contributed by atoms with van der Waals surface area (Å²) in [5.74, 6) is -9.04. The van der Waals surface area contributed by atoms with Crippen molar-refractivity contribution >= 4 is 62.6 Å². The van der Waals surface area contributed by atoms with Gasteiger partial charge in [-0.05, 0) is 83.0 Å². The molecule has 43 nitrogen and oxygen atoms in total. The SMILES string of the molecule is CC[C@@H](CO)NCCN[C@@H](CC)CO.CO[C@H]1/C=C\O[C@@]2(C)Oc3c(C)c(O)c4c(O)c(c5c(c4c3C2=O)=NC2(CCN(CC(C)C)CC2)N=5)NC(=O)/C(C)=C/C=C\[C@H](C)[C@H](O)[C@@H](C)[C@@H](O)[C@@H](C)[C@@H](OC(C)=O)[C@H]1C.NCC[C@H](O)C(=O)N[C@@H]1C[C@H](N)[C@@H](O[C@H]2O[C@H](CN)[C@@H](O)[C@H](O)[C@H]2O)[C@H](O)[C@H]1O[C@H]1O[C@H](CO)[C@@H](O)[C@H](N)[C@H]1O.O=C(O)c1cn(C2CC2)c2cc(N3CCNCC3)c(F)cc2c1=O. The van der Waals surface area contributed by atoms with Crippen LogP contribution in [0.1, 0.15) is 160 Å². The molecule has 28 N–H and O–H groups in total. The number of nitrogens with two attached hydrogens (primary N) is 4. The number of nitrogens with one attached hydrogen (secondary N) is 5. The first-order valence-corrected chi connectivity index (χ1v) is 47.9. The molecule has 4 bridgehead atoms. The fraction of sp³-hybridized carbons (Fsp3) is 0.684. The number of carbonyl (C=O) groups is 5. The number of aromatic hydroxyl groups is 2. The number of ether oxygens (including phenoxy) is 8. The molecule has 2 aliphatic carbocycles. The third-order valence-electron chi connectivity index (χ3n) is 27.5. The van der Waals surface area contributed by atoms with Gasteiger partial charge in [0.2, 0.25) is 11.3 Å². The lowest BCUT2D eigenvalue weighted by molar-refractivity contribution is -0.332. The Balaban J connectivity index is 0.000000217. The number of amides is 2. The highest BCUT2D eigenvalue weighted by atomic mass is 19.1. The van der Waals surface area contributed by atoms with Crippen molar-refractivity contribution in [1.29, 1.82) is 0 Å². The number of piperidine rings is 1. The highest BCUT2D eigenvalue weighted by Crippen LogP contribution is 2.51. The van der Waals surface area contributed by atoms with Crippen LogP contribution in [0.4, 0.5) is 15.8 Å². The number of pyridine rings is 1. The number of methoxy groups -OCH3 is 1. The van der Waals surface area contributed by atoms with E-state index in [9.17, 15) is 99.5 Å². The first kappa shape index (κ1) is 112. The number of anilines is 2. The minimum Gasteiger partial charge on any atom is -0.507 e. The van der Waals surface area contributed by atoms with Crippen LogP contribution in [0.25, 0.3) is 21.7 Å². The number of esters is 1. The first-order valence-electron chi connectivity index (χ1n) is 47.9. The summed E-state index contributed by atoms with van der Waals surface area (Å²) >= 11 is 0. The number of hydrogen-bond acceptors (Lipinski definition) is 39. The molecule has 6 fully saturated rings. The second-order valence-electron chi connectivity index (χ2n) is 38.1. The Morgan fingerprint density at radius 2 is 1.37 bits per heavy atom. The molecular formula is C95H147FN14O29. The molecule has 1 aromatic heterocycles. The Labute approximate surface area is 805 Å². The number of carboxylic acid groups (broad SMARTS) is 1. The van der Waals surface area contributed by atoms with Crippen LogP contribution in [-0.4, -0.2) is 360 Å². The van der Waals surface area contributed by atoms with Crippen molar-refractivity contribution in [3.8, 4) is 17.2 Å². The van der Waals surface area contributed by atoms with Gasteiger partial charge in [0.15, 0.2) is 24.0 Å². The highest BCUT2D eigenvalue weighted by molar-refractivity contribution is 6.19. The quantitative estimate of drug-likeness (QED) is 0.0177. The number of hydrogen-bond donors (Lipinski definition) is 24. The number of carbonyl (C=O) groups excluding carboxylic acids is 4. The lowest BCUT2D eigenvalue weighted by Gasteiger charge is -2.49. The number of ketones is 1. The summed E-state index contributed by atoms with van der Waals surface area (Å²) in [7, 11) is 1.47. The molecule has 4 aromatic rings.